The number of rotatable bonds is 4. The Morgan fingerprint density at radius 2 is 1.75 bits per heavy atom. The fourth-order valence-corrected chi connectivity index (χ4v) is 2.88. The van der Waals surface area contributed by atoms with E-state index in [2.05, 4.69) is 55.7 Å². The molecule has 0 radical (unpaired) electrons. The van der Waals surface area contributed by atoms with E-state index in [1.54, 1.807) is 0 Å². The molecule has 1 fully saturated rings. The van der Waals surface area contributed by atoms with Crippen molar-refractivity contribution >= 4 is 5.69 Å². The van der Waals surface area contributed by atoms with E-state index in [4.69, 9.17) is 0 Å². The summed E-state index contributed by atoms with van der Waals surface area (Å²) in [6.45, 7) is 14.2. The normalized spacial score (nSPS) is 17.6. The molecule has 0 aliphatic carbocycles. The number of anilines is 1. The standard InChI is InChI=1S/C17H28N2O/c1-14-6-5-7-16(15(14)2)19-10-8-18(9-11-19)12-17(3,4)13-20/h5-7,20H,8-13H2,1-4H3. The first-order chi connectivity index (χ1) is 9.43. The van der Waals surface area contributed by atoms with Gasteiger partial charge in [0.25, 0.3) is 0 Å². The van der Waals surface area contributed by atoms with Gasteiger partial charge >= 0.3 is 0 Å². The molecule has 1 aliphatic heterocycles. The van der Waals surface area contributed by atoms with Gasteiger partial charge in [-0.1, -0.05) is 26.0 Å². The molecule has 2 rings (SSSR count). The number of nitrogens with zero attached hydrogens (tertiary/aromatic N) is 2. The van der Waals surface area contributed by atoms with E-state index in [1.807, 2.05) is 0 Å². The minimum Gasteiger partial charge on any atom is -0.396 e. The first kappa shape index (κ1) is 15.3. The second kappa shape index (κ2) is 6.15. The Labute approximate surface area is 123 Å². The van der Waals surface area contributed by atoms with E-state index in [9.17, 15) is 5.11 Å². The Morgan fingerprint density at radius 3 is 2.35 bits per heavy atom. The molecule has 0 amide bonds. The zero-order chi connectivity index (χ0) is 14.8. The Morgan fingerprint density at radius 1 is 1.10 bits per heavy atom. The van der Waals surface area contributed by atoms with Crippen molar-refractivity contribution in [3.05, 3.63) is 29.3 Å². The monoisotopic (exact) mass is 276 g/mol. The van der Waals surface area contributed by atoms with Crippen molar-refractivity contribution in [3.8, 4) is 0 Å². The topological polar surface area (TPSA) is 26.7 Å². The Bertz CT molecular complexity index is 448. The molecule has 0 aromatic heterocycles. The van der Waals surface area contributed by atoms with Crippen molar-refractivity contribution in [2.75, 3.05) is 44.2 Å². The summed E-state index contributed by atoms with van der Waals surface area (Å²) in [7, 11) is 0. The highest BCUT2D eigenvalue weighted by Gasteiger charge is 2.24. The maximum absolute atomic E-state index is 9.38. The second-order valence-corrected chi connectivity index (χ2v) is 6.80. The van der Waals surface area contributed by atoms with E-state index in [1.165, 1.54) is 16.8 Å². The minimum atomic E-state index is 0.00141. The third-order valence-electron chi connectivity index (χ3n) is 4.37. The van der Waals surface area contributed by atoms with Crippen LogP contribution in [0.3, 0.4) is 0 Å². The summed E-state index contributed by atoms with van der Waals surface area (Å²) in [6.07, 6.45) is 0. The van der Waals surface area contributed by atoms with Gasteiger partial charge in [0.15, 0.2) is 0 Å². The van der Waals surface area contributed by atoms with Gasteiger partial charge in [-0.2, -0.15) is 0 Å². The fraction of sp³-hybridized carbons (Fsp3) is 0.647. The van der Waals surface area contributed by atoms with Crippen LogP contribution in [0.4, 0.5) is 5.69 Å². The molecule has 3 heteroatoms. The van der Waals surface area contributed by atoms with Crippen molar-refractivity contribution < 1.29 is 5.11 Å². The fourth-order valence-electron chi connectivity index (χ4n) is 2.88. The molecule has 1 heterocycles. The average molecular weight is 276 g/mol. The third-order valence-corrected chi connectivity index (χ3v) is 4.37. The third kappa shape index (κ3) is 3.53. The number of aryl methyl sites for hydroxylation is 1. The summed E-state index contributed by atoms with van der Waals surface area (Å²) in [5, 5.41) is 9.38. The smallest absolute Gasteiger partial charge is 0.0494 e. The molecular weight excluding hydrogens is 248 g/mol. The van der Waals surface area contributed by atoms with Gasteiger partial charge in [-0.15, -0.1) is 0 Å². The molecule has 1 aromatic carbocycles. The van der Waals surface area contributed by atoms with Crippen LogP contribution in [0.5, 0.6) is 0 Å². The van der Waals surface area contributed by atoms with Gasteiger partial charge in [-0.25, -0.2) is 0 Å². The van der Waals surface area contributed by atoms with Gasteiger partial charge in [-0.05, 0) is 31.0 Å². The van der Waals surface area contributed by atoms with Crippen molar-refractivity contribution in [3.63, 3.8) is 0 Å². The summed E-state index contributed by atoms with van der Waals surface area (Å²) in [6, 6.07) is 6.56. The largest absolute Gasteiger partial charge is 0.396 e. The van der Waals surface area contributed by atoms with E-state index < -0.39 is 0 Å². The summed E-state index contributed by atoms with van der Waals surface area (Å²) < 4.78 is 0. The Kier molecular flexibility index (Phi) is 4.71. The quantitative estimate of drug-likeness (QED) is 0.915. The molecule has 112 valence electrons. The van der Waals surface area contributed by atoms with Crippen molar-refractivity contribution in [1.29, 1.82) is 0 Å². The van der Waals surface area contributed by atoms with Crippen LogP contribution in [-0.2, 0) is 0 Å². The van der Waals surface area contributed by atoms with Gasteiger partial charge in [-0.3, -0.25) is 4.90 Å². The first-order valence-corrected chi connectivity index (χ1v) is 7.57. The number of aliphatic hydroxyl groups excluding tert-OH is 1. The lowest BCUT2D eigenvalue weighted by atomic mass is 9.94. The van der Waals surface area contributed by atoms with Crippen LogP contribution < -0.4 is 4.90 Å². The lowest BCUT2D eigenvalue weighted by molar-refractivity contribution is 0.0996. The van der Waals surface area contributed by atoms with Crippen LogP contribution in [0, 0.1) is 19.3 Å². The number of hydrogen-bond donors (Lipinski definition) is 1. The molecule has 0 atom stereocenters. The maximum Gasteiger partial charge on any atom is 0.0494 e. The molecule has 3 nitrogen and oxygen atoms in total. The number of piperazine rings is 1. The van der Waals surface area contributed by atoms with E-state index in [0.29, 0.717) is 0 Å². The van der Waals surface area contributed by atoms with Crippen LogP contribution in [0.2, 0.25) is 0 Å². The van der Waals surface area contributed by atoms with Gasteiger partial charge in [0.1, 0.15) is 0 Å². The lowest BCUT2D eigenvalue weighted by Gasteiger charge is -2.40. The molecule has 1 saturated heterocycles. The summed E-state index contributed by atoms with van der Waals surface area (Å²) in [5.41, 5.74) is 4.15. The molecule has 0 bridgehead atoms. The van der Waals surface area contributed by atoms with E-state index >= 15 is 0 Å². The first-order valence-electron chi connectivity index (χ1n) is 7.57. The highest BCUT2D eigenvalue weighted by molar-refractivity contribution is 5.56. The van der Waals surface area contributed by atoms with Crippen LogP contribution in [0.1, 0.15) is 25.0 Å². The zero-order valence-corrected chi connectivity index (χ0v) is 13.3. The van der Waals surface area contributed by atoms with Crippen LogP contribution in [0.25, 0.3) is 0 Å². The van der Waals surface area contributed by atoms with Crippen molar-refractivity contribution in [1.82, 2.24) is 4.90 Å². The number of aliphatic hydroxyl groups is 1. The van der Waals surface area contributed by atoms with Gasteiger partial charge in [0.2, 0.25) is 0 Å². The molecule has 0 unspecified atom stereocenters. The van der Waals surface area contributed by atoms with Crippen LogP contribution in [-0.4, -0.2) is 49.3 Å². The Balaban J connectivity index is 1.96. The molecule has 20 heavy (non-hydrogen) atoms. The second-order valence-electron chi connectivity index (χ2n) is 6.80. The number of hydrogen-bond acceptors (Lipinski definition) is 3. The molecule has 1 aliphatic rings. The summed E-state index contributed by atoms with van der Waals surface area (Å²) >= 11 is 0. The number of benzene rings is 1. The zero-order valence-electron chi connectivity index (χ0n) is 13.3. The van der Waals surface area contributed by atoms with Gasteiger partial charge in [0.05, 0.1) is 0 Å². The van der Waals surface area contributed by atoms with Crippen LogP contribution >= 0.6 is 0 Å². The predicted molar refractivity (Wildman–Crippen MR) is 85.4 cm³/mol. The SMILES string of the molecule is Cc1cccc(N2CCN(CC(C)(C)CO)CC2)c1C. The molecular formula is C17H28N2O. The molecule has 0 saturated carbocycles. The van der Waals surface area contributed by atoms with Gasteiger partial charge < -0.3 is 10.0 Å². The van der Waals surface area contributed by atoms with E-state index in [0.717, 1.165) is 32.7 Å². The minimum absolute atomic E-state index is 0.00141. The van der Waals surface area contributed by atoms with E-state index in [-0.39, 0.29) is 12.0 Å². The van der Waals surface area contributed by atoms with Crippen LogP contribution in [0.15, 0.2) is 18.2 Å². The molecule has 1 N–H and O–H groups in total. The summed E-state index contributed by atoms with van der Waals surface area (Å²) in [4.78, 5) is 4.96. The molecule has 0 spiro atoms. The molecule has 1 aromatic rings. The summed E-state index contributed by atoms with van der Waals surface area (Å²) in [5.74, 6) is 0. The van der Waals surface area contributed by atoms with Gasteiger partial charge in [0, 0.05) is 50.4 Å². The Hall–Kier alpha value is -1.06. The lowest BCUT2D eigenvalue weighted by Crippen LogP contribution is -2.49. The average Bonchev–Trinajstić information content (AvgIpc) is 2.43. The highest BCUT2D eigenvalue weighted by atomic mass is 16.3. The highest BCUT2D eigenvalue weighted by Crippen LogP contribution is 2.24. The van der Waals surface area contributed by atoms with Crippen molar-refractivity contribution in [2.24, 2.45) is 5.41 Å². The predicted octanol–water partition coefficient (Wildman–Crippen LogP) is 2.44. The van der Waals surface area contributed by atoms with Crippen molar-refractivity contribution in [2.45, 2.75) is 27.7 Å². The maximum atomic E-state index is 9.38.